The highest BCUT2D eigenvalue weighted by Crippen LogP contribution is 2.44. The Morgan fingerprint density at radius 1 is 0.795 bits per heavy atom. The van der Waals surface area contributed by atoms with Crippen molar-refractivity contribution in [3.05, 3.63) is 118 Å². The topological polar surface area (TPSA) is 23.5 Å². The maximum atomic E-state index is 13.7. The normalized spacial score (nSPS) is 20.8. The molecule has 1 saturated heterocycles. The Kier molecular flexibility index (Phi) is 8.48. The van der Waals surface area contributed by atoms with E-state index in [0.29, 0.717) is 19.5 Å². The Labute approximate surface area is 235 Å². The van der Waals surface area contributed by atoms with Gasteiger partial charge in [0, 0.05) is 24.5 Å². The predicted molar refractivity (Wildman–Crippen MR) is 144 cm³/mol. The zero-order chi connectivity index (χ0) is 27.1. The smallest absolute Gasteiger partial charge is 0.385 e. The van der Waals surface area contributed by atoms with E-state index in [1.54, 1.807) is 24.3 Å². The first kappa shape index (κ1) is 29.5. The number of hydrogen-bond donors (Lipinski definition) is 1. The largest absolute Gasteiger partial charge is 0.417 e. The Hall–Kier alpha value is -2.45. The molecule has 0 amide bonds. The van der Waals surface area contributed by atoms with Crippen molar-refractivity contribution in [2.45, 2.75) is 48.9 Å². The zero-order valence-electron chi connectivity index (χ0n) is 20.9. The van der Waals surface area contributed by atoms with Crippen LogP contribution in [0.15, 0.2) is 78.9 Å². The molecule has 0 saturated carbocycles. The zero-order valence-corrected chi connectivity index (χ0v) is 22.5. The van der Waals surface area contributed by atoms with Crippen LogP contribution in [0, 0.1) is 11.6 Å². The van der Waals surface area contributed by atoms with E-state index in [2.05, 4.69) is 17.1 Å². The molecule has 1 atom stereocenters. The van der Waals surface area contributed by atoms with E-state index in [9.17, 15) is 27.1 Å². The fourth-order valence-corrected chi connectivity index (χ4v) is 6.05. The quantitative estimate of drug-likeness (QED) is 0.248. The number of benzene rings is 3. The molecule has 2 nitrogen and oxygen atoms in total. The van der Waals surface area contributed by atoms with E-state index < -0.39 is 22.8 Å². The lowest BCUT2D eigenvalue weighted by molar-refractivity contribution is -0.137. The summed E-state index contributed by atoms with van der Waals surface area (Å²) in [5, 5.41) is 10.9. The molecule has 0 spiro atoms. The van der Waals surface area contributed by atoms with Crippen LogP contribution in [0.3, 0.4) is 0 Å². The molecule has 0 aromatic heterocycles. The summed E-state index contributed by atoms with van der Waals surface area (Å²) in [7, 11) is 0. The second-order valence-corrected chi connectivity index (χ2v) is 10.6. The van der Waals surface area contributed by atoms with Gasteiger partial charge in [0.05, 0.1) is 16.2 Å². The molecule has 0 radical (unpaired) electrons. The maximum Gasteiger partial charge on any atom is 0.417 e. The predicted octanol–water partition coefficient (Wildman–Crippen LogP) is 8.05. The number of halogens is 7. The highest BCUT2D eigenvalue weighted by molar-refractivity contribution is 6.31. The van der Waals surface area contributed by atoms with Crippen LogP contribution >= 0.6 is 24.0 Å². The van der Waals surface area contributed by atoms with Crippen molar-refractivity contribution in [2.75, 3.05) is 13.1 Å². The number of alkyl halides is 3. The van der Waals surface area contributed by atoms with Gasteiger partial charge in [0.2, 0.25) is 0 Å². The molecular formula is C30H28Cl2F5NO. The van der Waals surface area contributed by atoms with Crippen LogP contribution < -0.4 is 0 Å². The second-order valence-electron chi connectivity index (χ2n) is 10.2. The average Bonchev–Trinajstić information content (AvgIpc) is 2.90. The van der Waals surface area contributed by atoms with Crippen LogP contribution in [0.5, 0.6) is 0 Å². The van der Waals surface area contributed by atoms with Crippen LogP contribution in [-0.4, -0.2) is 29.1 Å². The molecule has 3 aromatic carbocycles. The summed E-state index contributed by atoms with van der Waals surface area (Å²) < 4.78 is 67.4. The van der Waals surface area contributed by atoms with Gasteiger partial charge in [0.15, 0.2) is 0 Å². The summed E-state index contributed by atoms with van der Waals surface area (Å²) in [6.07, 6.45) is 1.65. The number of allylic oxidation sites excluding steroid dienone is 1. The molecular weight excluding hydrogens is 556 g/mol. The summed E-state index contributed by atoms with van der Waals surface area (Å²) in [5.74, 6) is -0.658. The molecule has 39 heavy (non-hydrogen) atoms. The van der Waals surface area contributed by atoms with Crippen molar-refractivity contribution in [1.29, 1.82) is 0 Å². The second kappa shape index (κ2) is 11.2. The van der Waals surface area contributed by atoms with Crippen LogP contribution in [0.4, 0.5) is 22.0 Å². The van der Waals surface area contributed by atoms with Gasteiger partial charge in [-0.25, -0.2) is 8.78 Å². The van der Waals surface area contributed by atoms with Crippen molar-refractivity contribution >= 4 is 24.0 Å². The molecule has 1 N–H and O–H groups in total. The summed E-state index contributed by atoms with van der Waals surface area (Å²) in [6.45, 7) is 1.02. The molecule has 1 aliphatic carbocycles. The minimum atomic E-state index is -4.60. The molecule has 2 aliphatic rings. The van der Waals surface area contributed by atoms with Crippen molar-refractivity contribution in [3.8, 4) is 0 Å². The fourth-order valence-electron chi connectivity index (χ4n) is 5.82. The SMILES string of the molecule is Cl.OC1(c2ccc(Cl)c(C(F)(F)F)c2)CCN(C2C=CC(c3ccc(F)cc3)(c3ccc(F)cc3)CC2)CC1. The monoisotopic (exact) mass is 583 g/mol. The van der Waals surface area contributed by atoms with Crippen molar-refractivity contribution < 1.29 is 27.1 Å². The van der Waals surface area contributed by atoms with E-state index in [-0.39, 0.29) is 53.5 Å². The highest BCUT2D eigenvalue weighted by atomic mass is 35.5. The molecule has 1 unspecified atom stereocenters. The van der Waals surface area contributed by atoms with Gasteiger partial charge in [-0.15, -0.1) is 12.4 Å². The van der Waals surface area contributed by atoms with Gasteiger partial charge in [-0.1, -0.05) is 54.1 Å². The van der Waals surface area contributed by atoms with E-state index in [1.165, 1.54) is 36.4 Å². The van der Waals surface area contributed by atoms with Crippen molar-refractivity contribution in [1.82, 2.24) is 4.90 Å². The third-order valence-corrected chi connectivity index (χ3v) is 8.39. The summed E-state index contributed by atoms with van der Waals surface area (Å²) in [6, 6.07) is 16.4. The third kappa shape index (κ3) is 5.87. The lowest BCUT2D eigenvalue weighted by atomic mass is 9.68. The van der Waals surface area contributed by atoms with Gasteiger partial charge in [-0.2, -0.15) is 13.2 Å². The highest BCUT2D eigenvalue weighted by Gasteiger charge is 2.41. The summed E-state index contributed by atoms with van der Waals surface area (Å²) in [4.78, 5) is 2.23. The number of piperidine rings is 1. The molecule has 1 aliphatic heterocycles. The number of rotatable bonds is 4. The van der Waals surface area contributed by atoms with E-state index in [0.717, 1.165) is 23.6 Å². The summed E-state index contributed by atoms with van der Waals surface area (Å²) >= 11 is 5.76. The number of hydrogen-bond acceptors (Lipinski definition) is 2. The first-order valence-corrected chi connectivity index (χ1v) is 12.9. The maximum absolute atomic E-state index is 13.7. The van der Waals surface area contributed by atoms with Gasteiger partial charge in [-0.05, 0) is 78.8 Å². The Morgan fingerprint density at radius 3 is 1.77 bits per heavy atom. The first-order chi connectivity index (χ1) is 18.0. The number of aliphatic hydroxyl groups is 1. The Bertz CT molecular complexity index is 1270. The Balaban J connectivity index is 0.00000353. The van der Waals surface area contributed by atoms with Gasteiger partial charge in [-0.3, -0.25) is 4.90 Å². The van der Waals surface area contributed by atoms with Crippen LogP contribution in [0.25, 0.3) is 0 Å². The molecule has 208 valence electrons. The molecule has 5 rings (SSSR count). The number of likely N-dealkylation sites (tertiary alicyclic amines) is 1. The molecule has 1 fully saturated rings. The van der Waals surface area contributed by atoms with Crippen molar-refractivity contribution in [2.24, 2.45) is 0 Å². The Morgan fingerprint density at radius 2 is 1.31 bits per heavy atom. The van der Waals surface area contributed by atoms with Gasteiger partial charge in [0.25, 0.3) is 0 Å². The van der Waals surface area contributed by atoms with Crippen LogP contribution in [-0.2, 0) is 17.2 Å². The third-order valence-electron chi connectivity index (χ3n) is 8.06. The lowest BCUT2D eigenvalue weighted by Gasteiger charge is -2.44. The van der Waals surface area contributed by atoms with Gasteiger partial charge in [0.1, 0.15) is 11.6 Å². The minimum absolute atomic E-state index is 0. The van der Waals surface area contributed by atoms with Gasteiger partial charge < -0.3 is 5.11 Å². The standard InChI is InChI=1S/C30H27ClF5NO.ClH/c31-27-10-5-22(19-26(27)30(34,35)36)29(38)15-17-37(18-16-29)25-11-13-28(14-12-25,20-1-6-23(32)7-2-20)21-3-8-24(33)9-4-21;/h1-11,13,19,25,38H,12,14-18H2;1H. The lowest BCUT2D eigenvalue weighted by Crippen LogP contribution is -2.48. The van der Waals surface area contributed by atoms with Crippen molar-refractivity contribution in [3.63, 3.8) is 0 Å². The molecule has 3 aromatic rings. The van der Waals surface area contributed by atoms with E-state index in [4.69, 9.17) is 11.6 Å². The molecule has 9 heteroatoms. The van der Waals surface area contributed by atoms with E-state index in [1.807, 2.05) is 0 Å². The fraction of sp³-hybridized carbons (Fsp3) is 0.333. The average molecular weight is 584 g/mol. The molecule has 1 heterocycles. The van der Waals surface area contributed by atoms with Gasteiger partial charge >= 0.3 is 6.18 Å². The van der Waals surface area contributed by atoms with Crippen LogP contribution in [0.1, 0.15) is 47.9 Å². The summed E-state index contributed by atoms with van der Waals surface area (Å²) in [5.41, 5.74) is -0.801. The minimum Gasteiger partial charge on any atom is -0.385 e. The first-order valence-electron chi connectivity index (χ1n) is 12.6. The molecule has 0 bridgehead atoms. The number of nitrogens with zero attached hydrogens (tertiary/aromatic N) is 1. The van der Waals surface area contributed by atoms with E-state index >= 15 is 0 Å². The van der Waals surface area contributed by atoms with Crippen LogP contribution in [0.2, 0.25) is 5.02 Å².